The highest BCUT2D eigenvalue weighted by Gasteiger charge is 2.34. The second-order valence-electron chi connectivity index (χ2n) is 8.40. The number of amides is 1. The summed E-state index contributed by atoms with van der Waals surface area (Å²) in [6.07, 6.45) is 10.7. The van der Waals surface area contributed by atoms with Gasteiger partial charge in [-0.15, -0.1) is 0 Å². The summed E-state index contributed by atoms with van der Waals surface area (Å²) in [5.41, 5.74) is -0.290. The van der Waals surface area contributed by atoms with Crippen molar-refractivity contribution in [1.29, 1.82) is 0 Å². The SMILES string of the molecule is CN(CC(=O)N(C1CCCCC1)C1CCCCC1)S(=O)(=O)c1cccc([N+](=O)[O-])c1. The van der Waals surface area contributed by atoms with E-state index < -0.39 is 14.9 Å². The first-order valence-electron chi connectivity index (χ1n) is 10.8. The molecule has 0 bridgehead atoms. The van der Waals surface area contributed by atoms with E-state index in [1.807, 2.05) is 4.90 Å². The lowest BCUT2D eigenvalue weighted by Crippen LogP contribution is -2.52. The van der Waals surface area contributed by atoms with Gasteiger partial charge in [0.1, 0.15) is 0 Å². The Morgan fingerprint density at radius 1 is 1.03 bits per heavy atom. The van der Waals surface area contributed by atoms with Gasteiger partial charge in [0, 0.05) is 31.3 Å². The van der Waals surface area contributed by atoms with Crippen LogP contribution in [0.15, 0.2) is 29.2 Å². The molecule has 0 N–H and O–H groups in total. The van der Waals surface area contributed by atoms with Crippen molar-refractivity contribution in [3.05, 3.63) is 34.4 Å². The summed E-state index contributed by atoms with van der Waals surface area (Å²) in [6, 6.07) is 5.32. The largest absolute Gasteiger partial charge is 0.336 e. The van der Waals surface area contributed by atoms with E-state index >= 15 is 0 Å². The normalized spacial score (nSPS) is 19.0. The second-order valence-corrected chi connectivity index (χ2v) is 10.4. The molecule has 1 aromatic carbocycles. The lowest BCUT2D eigenvalue weighted by atomic mass is 9.88. The molecule has 1 aromatic rings. The number of carbonyl (C=O) groups excluding carboxylic acids is 1. The van der Waals surface area contributed by atoms with Gasteiger partial charge in [0.15, 0.2) is 0 Å². The van der Waals surface area contributed by atoms with Gasteiger partial charge in [-0.3, -0.25) is 14.9 Å². The van der Waals surface area contributed by atoms with Gasteiger partial charge in [0.2, 0.25) is 15.9 Å². The zero-order valence-electron chi connectivity index (χ0n) is 17.5. The molecule has 1 amide bonds. The summed E-state index contributed by atoms with van der Waals surface area (Å²) < 4.78 is 26.9. The van der Waals surface area contributed by atoms with Crippen LogP contribution in [0.2, 0.25) is 0 Å². The number of sulfonamides is 1. The highest BCUT2D eigenvalue weighted by Crippen LogP contribution is 2.31. The number of nitro benzene ring substituents is 1. The Morgan fingerprint density at radius 2 is 1.57 bits per heavy atom. The van der Waals surface area contributed by atoms with E-state index in [1.54, 1.807) is 0 Å². The number of nitrogens with zero attached hydrogens (tertiary/aromatic N) is 3. The number of hydrogen-bond donors (Lipinski definition) is 0. The summed E-state index contributed by atoms with van der Waals surface area (Å²) in [6.45, 7) is -0.252. The van der Waals surface area contributed by atoms with Crippen LogP contribution in [-0.2, 0) is 14.8 Å². The van der Waals surface area contributed by atoms with Gasteiger partial charge in [-0.2, -0.15) is 4.31 Å². The molecule has 2 aliphatic carbocycles. The summed E-state index contributed by atoms with van der Waals surface area (Å²) in [5.74, 6) is -0.162. The first kappa shape index (κ1) is 22.7. The average Bonchev–Trinajstić information content (AvgIpc) is 2.75. The van der Waals surface area contributed by atoms with E-state index in [0.29, 0.717) is 0 Å². The quantitative estimate of drug-likeness (QED) is 0.478. The minimum absolute atomic E-state index is 0.162. The Hall–Kier alpha value is -2.00. The van der Waals surface area contributed by atoms with Crippen molar-refractivity contribution < 1.29 is 18.1 Å². The molecular formula is C21H31N3O5S. The predicted octanol–water partition coefficient (Wildman–Crippen LogP) is 3.71. The zero-order valence-corrected chi connectivity index (χ0v) is 18.3. The Kier molecular flexibility index (Phi) is 7.46. The molecule has 0 heterocycles. The highest BCUT2D eigenvalue weighted by molar-refractivity contribution is 7.89. The van der Waals surface area contributed by atoms with Gasteiger partial charge in [-0.25, -0.2) is 8.42 Å². The fourth-order valence-corrected chi connectivity index (χ4v) is 5.88. The van der Waals surface area contributed by atoms with Crippen LogP contribution in [0.1, 0.15) is 64.2 Å². The molecule has 30 heavy (non-hydrogen) atoms. The van der Waals surface area contributed by atoms with Crippen molar-refractivity contribution in [2.24, 2.45) is 0 Å². The third kappa shape index (κ3) is 5.18. The van der Waals surface area contributed by atoms with Crippen LogP contribution in [0.25, 0.3) is 0 Å². The zero-order chi connectivity index (χ0) is 21.7. The minimum atomic E-state index is -4.00. The van der Waals surface area contributed by atoms with E-state index in [9.17, 15) is 23.3 Å². The monoisotopic (exact) mass is 437 g/mol. The standard InChI is InChI=1S/C21H31N3O5S/c1-22(30(28,29)20-14-8-13-19(15-20)24(26)27)16-21(25)23(17-9-4-2-5-10-17)18-11-6-3-7-12-18/h8,13-15,17-18H,2-7,9-12,16H2,1H3. The van der Waals surface area contributed by atoms with Crippen LogP contribution in [0, 0.1) is 10.1 Å². The Labute approximate surface area is 178 Å². The third-order valence-corrected chi connectivity index (χ3v) is 8.12. The molecule has 0 aliphatic heterocycles. The van der Waals surface area contributed by atoms with Crippen molar-refractivity contribution in [2.45, 2.75) is 81.2 Å². The minimum Gasteiger partial charge on any atom is -0.336 e. The maximum absolute atomic E-state index is 13.3. The van der Waals surface area contributed by atoms with Crippen LogP contribution in [-0.4, -0.2) is 54.1 Å². The maximum atomic E-state index is 13.3. The molecule has 2 saturated carbocycles. The number of likely N-dealkylation sites (N-methyl/N-ethyl adjacent to an activating group) is 1. The summed E-state index contributed by atoms with van der Waals surface area (Å²) in [4.78, 5) is 25.5. The van der Waals surface area contributed by atoms with Crippen molar-refractivity contribution in [3.63, 3.8) is 0 Å². The van der Waals surface area contributed by atoms with Gasteiger partial charge < -0.3 is 4.90 Å². The first-order valence-corrected chi connectivity index (χ1v) is 12.3. The summed E-state index contributed by atoms with van der Waals surface area (Å²) in [7, 11) is -2.64. The molecule has 0 spiro atoms. The lowest BCUT2D eigenvalue weighted by Gasteiger charge is -2.42. The number of hydrogen-bond acceptors (Lipinski definition) is 5. The van der Waals surface area contributed by atoms with E-state index in [0.717, 1.165) is 61.7 Å². The van der Waals surface area contributed by atoms with Crippen molar-refractivity contribution in [2.75, 3.05) is 13.6 Å². The third-order valence-electron chi connectivity index (χ3n) is 6.32. The molecule has 3 rings (SSSR count). The molecule has 8 nitrogen and oxygen atoms in total. The molecule has 2 fully saturated rings. The van der Waals surface area contributed by atoms with Crippen LogP contribution in [0.5, 0.6) is 0 Å². The number of non-ortho nitro benzene ring substituents is 1. The maximum Gasteiger partial charge on any atom is 0.270 e. The molecule has 2 aliphatic rings. The van der Waals surface area contributed by atoms with E-state index in [-0.39, 0.29) is 35.1 Å². The first-order chi connectivity index (χ1) is 14.3. The van der Waals surface area contributed by atoms with E-state index in [2.05, 4.69) is 0 Å². The van der Waals surface area contributed by atoms with Crippen LogP contribution in [0.3, 0.4) is 0 Å². The van der Waals surface area contributed by atoms with Gasteiger partial charge in [-0.1, -0.05) is 44.6 Å². The molecule has 166 valence electrons. The summed E-state index contributed by atoms with van der Waals surface area (Å²) in [5, 5.41) is 11.0. The highest BCUT2D eigenvalue weighted by atomic mass is 32.2. The van der Waals surface area contributed by atoms with Crippen LogP contribution in [0.4, 0.5) is 5.69 Å². The number of rotatable bonds is 7. The van der Waals surface area contributed by atoms with Crippen molar-refractivity contribution in [1.82, 2.24) is 9.21 Å². The van der Waals surface area contributed by atoms with Gasteiger partial charge in [0.25, 0.3) is 5.69 Å². The topological polar surface area (TPSA) is 101 Å². The predicted molar refractivity (Wildman–Crippen MR) is 114 cm³/mol. The van der Waals surface area contributed by atoms with Crippen molar-refractivity contribution >= 4 is 21.6 Å². The van der Waals surface area contributed by atoms with Gasteiger partial charge in [-0.05, 0) is 31.7 Å². The number of nitro groups is 1. The molecular weight excluding hydrogens is 406 g/mol. The van der Waals surface area contributed by atoms with Gasteiger partial charge in [0.05, 0.1) is 16.4 Å². The number of benzene rings is 1. The van der Waals surface area contributed by atoms with Gasteiger partial charge >= 0.3 is 0 Å². The smallest absolute Gasteiger partial charge is 0.270 e. The Bertz CT molecular complexity index is 843. The fourth-order valence-electron chi connectivity index (χ4n) is 4.72. The number of carbonyl (C=O) groups is 1. The molecule has 0 radical (unpaired) electrons. The van der Waals surface area contributed by atoms with E-state index in [1.165, 1.54) is 38.1 Å². The van der Waals surface area contributed by atoms with Crippen molar-refractivity contribution in [3.8, 4) is 0 Å². The van der Waals surface area contributed by atoms with E-state index in [4.69, 9.17) is 0 Å². The summed E-state index contributed by atoms with van der Waals surface area (Å²) >= 11 is 0. The molecule has 0 atom stereocenters. The molecule has 9 heteroatoms. The molecule has 0 aromatic heterocycles. The average molecular weight is 438 g/mol. The molecule has 0 saturated heterocycles. The molecule has 0 unspecified atom stereocenters. The van der Waals surface area contributed by atoms with Crippen LogP contribution < -0.4 is 0 Å². The van der Waals surface area contributed by atoms with Crippen LogP contribution >= 0.6 is 0 Å². The fraction of sp³-hybridized carbons (Fsp3) is 0.667. The second kappa shape index (κ2) is 9.87. The lowest BCUT2D eigenvalue weighted by molar-refractivity contribution is -0.385. The Morgan fingerprint density at radius 3 is 2.07 bits per heavy atom. The Balaban J connectivity index is 1.78.